The van der Waals surface area contributed by atoms with E-state index in [4.69, 9.17) is 0 Å². The molecule has 1 aliphatic rings. The van der Waals surface area contributed by atoms with Crippen molar-refractivity contribution in [3.63, 3.8) is 0 Å². The summed E-state index contributed by atoms with van der Waals surface area (Å²) in [7, 11) is 0. The summed E-state index contributed by atoms with van der Waals surface area (Å²) >= 11 is 3.58. The predicted molar refractivity (Wildman–Crippen MR) is 76.1 cm³/mol. The van der Waals surface area contributed by atoms with Crippen molar-refractivity contribution < 1.29 is 9.90 Å². The van der Waals surface area contributed by atoms with Gasteiger partial charge >= 0.3 is 5.97 Å². The molecule has 4 heteroatoms. The minimum absolute atomic E-state index is 0.562. The highest BCUT2D eigenvalue weighted by molar-refractivity contribution is 9.10. The number of hydrogen-bond donors (Lipinski definition) is 1. The van der Waals surface area contributed by atoms with Crippen molar-refractivity contribution in [3.8, 4) is 0 Å². The molecule has 2 rings (SSSR count). The quantitative estimate of drug-likeness (QED) is 0.909. The molecule has 0 saturated carbocycles. The Hall–Kier alpha value is -1.03. The lowest BCUT2D eigenvalue weighted by Gasteiger charge is -2.38. The maximum absolute atomic E-state index is 11.2. The number of piperidine rings is 1. The van der Waals surface area contributed by atoms with E-state index in [1.807, 2.05) is 6.92 Å². The number of aryl methyl sites for hydroxylation is 1. The molecule has 0 atom stereocenters. The summed E-state index contributed by atoms with van der Waals surface area (Å²) in [5.74, 6) is -0.676. The first-order valence-electron chi connectivity index (χ1n) is 6.17. The number of aliphatic carboxylic acids is 1. The lowest BCUT2D eigenvalue weighted by Crippen LogP contribution is -2.42. The van der Waals surface area contributed by atoms with E-state index < -0.39 is 11.4 Å². The van der Waals surface area contributed by atoms with Crippen LogP contribution in [0.2, 0.25) is 0 Å². The second kappa shape index (κ2) is 4.92. The summed E-state index contributed by atoms with van der Waals surface area (Å²) in [6.07, 6.45) is 1.39. The molecule has 0 aliphatic carbocycles. The molecular formula is C14H18BrNO2. The van der Waals surface area contributed by atoms with Crippen LogP contribution in [0.3, 0.4) is 0 Å². The van der Waals surface area contributed by atoms with Crippen molar-refractivity contribution in [1.82, 2.24) is 0 Å². The zero-order chi connectivity index (χ0) is 13.3. The van der Waals surface area contributed by atoms with E-state index in [0.29, 0.717) is 12.8 Å². The summed E-state index contributed by atoms with van der Waals surface area (Å²) in [5, 5.41) is 9.22. The van der Waals surface area contributed by atoms with Crippen LogP contribution in [0, 0.1) is 12.3 Å². The fourth-order valence-electron chi connectivity index (χ4n) is 2.32. The molecule has 0 amide bonds. The van der Waals surface area contributed by atoms with E-state index in [-0.39, 0.29) is 0 Å². The molecule has 1 heterocycles. The third-order valence-electron chi connectivity index (χ3n) is 3.83. The van der Waals surface area contributed by atoms with Gasteiger partial charge in [0.25, 0.3) is 0 Å². The zero-order valence-electron chi connectivity index (χ0n) is 10.7. The average Bonchev–Trinajstić information content (AvgIpc) is 2.31. The van der Waals surface area contributed by atoms with Gasteiger partial charge in [-0.05, 0) is 60.3 Å². The number of halogens is 1. The fourth-order valence-corrected chi connectivity index (χ4v) is 3.07. The number of anilines is 1. The number of carboxylic acid groups (broad SMARTS) is 1. The standard InChI is InChI=1S/C14H18BrNO2/c1-10-3-4-12(11(15)9-10)16-7-5-14(2,6-8-16)13(17)18/h3-4,9H,5-8H2,1-2H3,(H,17,18). The van der Waals surface area contributed by atoms with Gasteiger partial charge in [0.2, 0.25) is 0 Å². The van der Waals surface area contributed by atoms with Crippen LogP contribution in [0.15, 0.2) is 22.7 Å². The van der Waals surface area contributed by atoms with Crippen LogP contribution in [-0.4, -0.2) is 24.2 Å². The Morgan fingerprint density at radius 1 is 1.39 bits per heavy atom. The van der Waals surface area contributed by atoms with Gasteiger partial charge in [-0.25, -0.2) is 0 Å². The Bertz CT molecular complexity index is 465. The van der Waals surface area contributed by atoms with Gasteiger partial charge in [-0.3, -0.25) is 4.79 Å². The van der Waals surface area contributed by atoms with Crippen LogP contribution in [0.1, 0.15) is 25.3 Å². The Balaban J connectivity index is 2.12. The molecule has 1 aromatic rings. The van der Waals surface area contributed by atoms with Crippen molar-refractivity contribution in [2.24, 2.45) is 5.41 Å². The number of hydrogen-bond acceptors (Lipinski definition) is 2. The second-order valence-electron chi connectivity index (χ2n) is 5.31. The van der Waals surface area contributed by atoms with Crippen LogP contribution in [0.25, 0.3) is 0 Å². The average molecular weight is 312 g/mol. The maximum atomic E-state index is 11.2. The molecule has 1 aliphatic heterocycles. The first-order chi connectivity index (χ1) is 8.42. The lowest BCUT2D eigenvalue weighted by atomic mass is 9.80. The molecule has 0 aromatic heterocycles. The normalized spacial score (nSPS) is 18.7. The molecule has 1 saturated heterocycles. The third-order valence-corrected chi connectivity index (χ3v) is 4.46. The smallest absolute Gasteiger partial charge is 0.309 e. The zero-order valence-corrected chi connectivity index (χ0v) is 12.3. The first-order valence-corrected chi connectivity index (χ1v) is 6.96. The van der Waals surface area contributed by atoms with Gasteiger partial charge in [-0.1, -0.05) is 6.07 Å². The van der Waals surface area contributed by atoms with Crippen molar-refractivity contribution in [2.75, 3.05) is 18.0 Å². The number of nitrogens with zero attached hydrogens (tertiary/aromatic N) is 1. The Labute approximate surface area is 116 Å². The van der Waals surface area contributed by atoms with Crippen molar-refractivity contribution in [1.29, 1.82) is 0 Å². The van der Waals surface area contributed by atoms with Crippen molar-refractivity contribution in [3.05, 3.63) is 28.2 Å². The van der Waals surface area contributed by atoms with Crippen LogP contribution in [0.4, 0.5) is 5.69 Å². The highest BCUT2D eigenvalue weighted by atomic mass is 79.9. The molecule has 18 heavy (non-hydrogen) atoms. The topological polar surface area (TPSA) is 40.5 Å². The number of carbonyl (C=O) groups is 1. The molecular weight excluding hydrogens is 294 g/mol. The summed E-state index contributed by atoms with van der Waals surface area (Å²) in [6.45, 7) is 5.50. The van der Waals surface area contributed by atoms with E-state index in [0.717, 1.165) is 23.2 Å². The number of carboxylic acids is 1. The molecule has 98 valence electrons. The van der Waals surface area contributed by atoms with E-state index in [2.05, 4.69) is 46.0 Å². The summed E-state index contributed by atoms with van der Waals surface area (Å²) < 4.78 is 1.08. The van der Waals surface area contributed by atoms with E-state index in [9.17, 15) is 9.90 Å². The minimum atomic E-state index is -0.676. The van der Waals surface area contributed by atoms with Gasteiger partial charge in [0.15, 0.2) is 0 Å². The minimum Gasteiger partial charge on any atom is -0.481 e. The summed E-state index contributed by atoms with van der Waals surface area (Å²) in [4.78, 5) is 13.5. The van der Waals surface area contributed by atoms with E-state index >= 15 is 0 Å². The SMILES string of the molecule is Cc1ccc(N2CCC(C)(C(=O)O)CC2)c(Br)c1. The Kier molecular flexibility index (Phi) is 3.66. The second-order valence-corrected chi connectivity index (χ2v) is 6.16. The van der Waals surface area contributed by atoms with Gasteiger partial charge in [-0.15, -0.1) is 0 Å². The molecule has 1 fully saturated rings. The van der Waals surface area contributed by atoms with E-state index in [1.165, 1.54) is 5.56 Å². The predicted octanol–water partition coefficient (Wildman–Crippen LogP) is 3.45. The number of benzene rings is 1. The molecule has 1 N–H and O–H groups in total. The molecule has 1 aromatic carbocycles. The van der Waals surface area contributed by atoms with Crippen LogP contribution < -0.4 is 4.90 Å². The highest BCUT2D eigenvalue weighted by Gasteiger charge is 2.37. The maximum Gasteiger partial charge on any atom is 0.309 e. The monoisotopic (exact) mass is 311 g/mol. The van der Waals surface area contributed by atoms with Gasteiger partial charge in [0.1, 0.15) is 0 Å². The summed E-state index contributed by atoms with van der Waals surface area (Å²) in [5.41, 5.74) is 1.82. The van der Waals surface area contributed by atoms with Gasteiger partial charge in [-0.2, -0.15) is 0 Å². The van der Waals surface area contributed by atoms with Crippen molar-refractivity contribution in [2.45, 2.75) is 26.7 Å². The molecule has 0 unspecified atom stereocenters. The van der Waals surface area contributed by atoms with Gasteiger partial charge < -0.3 is 10.0 Å². The third kappa shape index (κ3) is 2.53. The van der Waals surface area contributed by atoms with Gasteiger partial charge in [0, 0.05) is 17.6 Å². The van der Waals surface area contributed by atoms with Crippen molar-refractivity contribution >= 4 is 27.6 Å². The lowest BCUT2D eigenvalue weighted by molar-refractivity contribution is -0.149. The number of rotatable bonds is 2. The first kappa shape index (κ1) is 13.4. The van der Waals surface area contributed by atoms with Crippen LogP contribution in [0.5, 0.6) is 0 Å². The van der Waals surface area contributed by atoms with Gasteiger partial charge in [0.05, 0.1) is 11.1 Å². The highest BCUT2D eigenvalue weighted by Crippen LogP contribution is 2.35. The molecule has 0 spiro atoms. The Morgan fingerprint density at radius 3 is 2.50 bits per heavy atom. The van der Waals surface area contributed by atoms with Crippen LogP contribution in [-0.2, 0) is 4.79 Å². The van der Waals surface area contributed by atoms with Crippen LogP contribution >= 0.6 is 15.9 Å². The molecule has 3 nitrogen and oxygen atoms in total. The summed E-state index contributed by atoms with van der Waals surface area (Å²) in [6, 6.07) is 6.29. The fraction of sp³-hybridized carbons (Fsp3) is 0.500. The molecule has 0 radical (unpaired) electrons. The largest absolute Gasteiger partial charge is 0.481 e. The van der Waals surface area contributed by atoms with E-state index in [1.54, 1.807) is 0 Å². The Morgan fingerprint density at radius 2 is 2.00 bits per heavy atom. The molecule has 0 bridgehead atoms.